The van der Waals surface area contributed by atoms with Crippen molar-refractivity contribution in [1.29, 1.82) is 5.26 Å². The van der Waals surface area contributed by atoms with Crippen LogP contribution in [0.4, 0.5) is 0 Å². The van der Waals surface area contributed by atoms with Crippen molar-refractivity contribution >= 4 is 5.78 Å². The average molecular weight is 442 g/mol. The van der Waals surface area contributed by atoms with Crippen LogP contribution in [-0.2, 0) is 17.8 Å². The summed E-state index contributed by atoms with van der Waals surface area (Å²) in [5.41, 5.74) is 3.97. The first-order chi connectivity index (χ1) is 16.2. The molecule has 2 heterocycles. The molecule has 0 amide bonds. The van der Waals surface area contributed by atoms with Crippen LogP contribution in [0.2, 0.25) is 0 Å². The molecule has 3 fully saturated rings. The van der Waals surface area contributed by atoms with Gasteiger partial charge in [-0.1, -0.05) is 54.6 Å². The fraction of sp³-hybridized carbons (Fsp3) is 0.517. The molecule has 0 spiro atoms. The summed E-state index contributed by atoms with van der Waals surface area (Å²) in [4.78, 5) is 15.3. The molecule has 4 heteroatoms. The largest absolute Gasteiger partial charge is 0.304 e. The predicted molar refractivity (Wildman–Crippen MR) is 131 cm³/mol. The Morgan fingerprint density at radius 2 is 1.76 bits per heavy atom. The molecule has 3 aliphatic rings. The third kappa shape index (κ3) is 5.37. The molecule has 33 heavy (non-hydrogen) atoms. The van der Waals surface area contributed by atoms with Gasteiger partial charge in [0.1, 0.15) is 0 Å². The van der Waals surface area contributed by atoms with Crippen LogP contribution in [0.1, 0.15) is 61.1 Å². The van der Waals surface area contributed by atoms with E-state index in [0.717, 1.165) is 32.5 Å². The van der Waals surface area contributed by atoms with Gasteiger partial charge in [0.25, 0.3) is 0 Å². The summed E-state index contributed by atoms with van der Waals surface area (Å²) in [5, 5.41) is 13.2. The summed E-state index contributed by atoms with van der Waals surface area (Å²) in [6.45, 7) is 3.31. The highest BCUT2D eigenvalue weighted by molar-refractivity contribution is 5.85. The lowest BCUT2D eigenvalue weighted by Crippen LogP contribution is -2.42. The Hall–Kier alpha value is -2.48. The molecule has 0 radical (unpaired) electrons. The minimum Gasteiger partial charge on any atom is -0.304 e. The van der Waals surface area contributed by atoms with Gasteiger partial charge in [-0.25, -0.2) is 0 Å². The van der Waals surface area contributed by atoms with Gasteiger partial charge in [-0.05, 0) is 80.1 Å². The number of piperidine rings is 2. The molecule has 1 saturated carbocycles. The molecule has 2 bridgehead atoms. The fourth-order valence-corrected chi connectivity index (χ4v) is 6.23. The summed E-state index contributed by atoms with van der Waals surface area (Å²) in [6, 6.07) is 22.5. The van der Waals surface area contributed by atoms with Crippen molar-refractivity contribution in [3.05, 3.63) is 71.3 Å². The van der Waals surface area contributed by atoms with E-state index in [1.54, 1.807) is 0 Å². The predicted octanol–water partition coefficient (Wildman–Crippen LogP) is 4.85. The molecular formula is C29H35N3O. The summed E-state index contributed by atoms with van der Waals surface area (Å²) in [6.07, 6.45) is 6.93. The number of benzene rings is 2. The van der Waals surface area contributed by atoms with Gasteiger partial charge in [-0.3, -0.25) is 9.69 Å². The van der Waals surface area contributed by atoms with E-state index in [9.17, 15) is 10.1 Å². The number of nitrogens with one attached hydrogen (secondary N) is 1. The van der Waals surface area contributed by atoms with Crippen molar-refractivity contribution in [1.82, 2.24) is 10.2 Å². The van der Waals surface area contributed by atoms with Gasteiger partial charge in [-0.15, -0.1) is 0 Å². The lowest BCUT2D eigenvalue weighted by Gasteiger charge is -2.32. The first-order valence-electron chi connectivity index (χ1n) is 12.7. The Kier molecular flexibility index (Phi) is 6.90. The highest BCUT2D eigenvalue weighted by Crippen LogP contribution is 2.36. The van der Waals surface area contributed by atoms with Gasteiger partial charge >= 0.3 is 0 Å². The molecule has 2 saturated heterocycles. The second-order valence-electron chi connectivity index (χ2n) is 10.4. The van der Waals surface area contributed by atoms with Crippen LogP contribution in [0.25, 0.3) is 0 Å². The van der Waals surface area contributed by atoms with Crippen LogP contribution in [0.5, 0.6) is 0 Å². The molecule has 172 valence electrons. The standard InChI is InChI=1S/C29H35N3O/c30-19-23(17-28(33)29-26-10-11-27(18-26)31-29)16-21-6-8-24(9-7-21)25-12-14-32(15-13-25)20-22-4-2-1-3-5-22/h1-9,23,25-27,29,31H,10-18,20H2/t23-,26+,27-,29+/m1/s1. The van der Waals surface area contributed by atoms with Crippen LogP contribution < -0.4 is 5.32 Å². The third-order valence-electron chi connectivity index (χ3n) is 8.11. The normalized spacial score (nSPS) is 26.2. The first-order valence-corrected chi connectivity index (χ1v) is 12.7. The van der Waals surface area contributed by atoms with Crippen molar-refractivity contribution < 1.29 is 4.79 Å². The zero-order valence-electron chi connectivity index (χ0n) is 19.5. The van der Waals surface area contributed by atoms with Crippen LogP contribution in [-0.4, -0.2) is 35.9 Å². The molecule has 2 aromatic rings. The van der Waals surface area contributed by atoms with Crippen LogP contribution in [0.3, 0.4) is 0 Å². The number of rotatable bonds is 8. The second-order valence-corrected chi connectivity index (χ2v) is 10.4. The molecule has 0 aromatic heterocycles. The van der Waals surface area contributed by atoms with E-state index < -0.39 is 0 Å². The van der Waals surface area contributed by atoms with Gasteiger partial charge < -0.3 is 5.32 Å². The van der Waals surface area contributed by atoms with Crippen LogP contribution in [0.15, 0.2) is 54.6 Å². The van der Waals surface area contributed by atoms with Gasteiger partial charge in [-0.2, -0.15) is 5.26 Å². The third-order valence-corrected chi connectivity index (χ3v) is 8.11. The smallest absolute Gasteiger partial charge is 0.151 e. The summed E-state index contributed by atoms with van der Waals surface area (Å²) >= 11 is 0. The zero-order valence-corrected chi connectivity index (χ0v) is 19.5. The van der Waals surface area contributed by atoms with Crippen molar-refractivity contribution in [2.75, 3.05) is 13.1 Å². The molecule has 4 nitrogen and oxygen atoms in total. The summed E-state index contributed by atoms with van der Waals surface area (Å²) in [5.74, 6) is 1.13. The Morgan fingerprint density at radius 1 is 1.00 bits per heavy atom. The number of nitrogens with zero attached hydrogens (tertiary/aromatic N) is 2. The zero-order chi connectivity index (χ0) is 22.6. The van der Waals surface area contributed by atoms with Crippen molar-refractivity contribution in [3.8, 4) is 6.07 Å². The van der Waals surface area contributed by atoms with Gasteiger partial charge in [0.15, 0.2) is 5.78 Å². The maximum atomic E-state index is 12.8. The average Bonchev–Trinajstić information content (AvgIpc) is 3.49. The number of carbonyl (C=O) groups excluding carboxylic acids is 1. The molecule has 1 N–H and O–H groups in total. The Balaban J connectivity index is 1.10. The lowest BCUT2D eigenvalue weighted by atomic mass is 9.86. The second kappa shape index (κ2) is 10.2. The first kappa shape index (κ1) is 22.3. The SMILES string of the molecule is N#C[C@@H](CC(=O)[C@H]1N[C@@H]2CC[C@H]1C2)Cc1ccc(C2CCN(Cc3ccccc3)CC2)cc1. The number of hydrogen-bond donors (Lipinski definition) is 1. The van der Waals surface area contributed by atoms with Crippen molar-refractivity contribution in [2.24, 2.45) is 11.8 Å². The maximum absolute atomic E-state index is 12.8. The van der Waals surface area contributed by atoms with Gasteiger partial charge in [0, 0.05) is 19.0 Å². The van der Waals surface area contributed by atoms with Crippen molar-refractivity contribution in [2.45, 2.75) is 69.5 Å². The van der Waals surface area contributed by atoms with E-state index in [1.807, 2.05) is 0 Å². The highest BCUT2D eigenvalue weighted by atomic mass is 16.1. The number of ketones is 1. The van der Waals surface area contributed by atoms with Crippen LogP contribution in [0, 0.1) is 23.2 Å². The molecular weight excluding hydrogens is 406 g/mol. The Labute approximate surface area is 198 Å². The Morgan fingerprint density at radius 3 is 2.39 bits per heavy atom. The highest BCUT2D eigenvalue weighted by Gasteiger charge is 2.42. The molecule has 5 rings (SSSR count). The molecule has 4 atom stereocenters. The minimum absolute atomic E-state index is 0.00488. The number of Topliss-reactive ketones (excluding diaryl/α,β-unsaturated/α-hetero) is 1. The number of fused-ring (bicyclic) bond motifs is 2. The quantitative estimate of drug-likeness (QED) is 0.636. The van der Waals surface area contributed by atoms with Crippen LogP contribution >= 0.6 is 0 Å². The number of carbonyl (C=O) groups is 1. The molecule has 1 aliphatic carbocycles. The van der Waals surface area contributed by atoms with E-state index in [2.05, 4.69) is 70.9 Å². The fourth-order valence-electron chi connectivity index (χ4n) is 6.23. The van der Waals surface area contributed by atoms with E-state index in [1.165, 1.54) is 36.0 Å². The van der Waals surface area contributed by atoms with E-state index >= 15 is 0 Å². The number of nitriles is 1. The number of hydrogen-bond acceptors (Lipinski definition) is 4. The van der Waals surface area contributed by atoms with E-state index in [0.29, 0.717) is 30.7 Å². The summed E-state index contributed by atoms with van der Waals surface area (Å²) in [7, 11) is 0. The molecule has 0 unspecified atom stereocenters. The van der Waals surface area contributed by atoms with E-state index in [-0.39, 0.29) is 17.7 Å². The minimum atomic E-state index is -0.231. The Bertz CT molecular complexity index is 972. The van der Waals surface area contributed by atoms with Gasteiger partial charge in [0.05, 0.1) is 18.0 Å². The monoisotopic (exact) mass is 441 g/mol. The van der Waals surface area contributed by atoms with Gasteiger partial charge in [0.2, 0.25) is 0 Å². The molecule has 2 aliphatic heterocycles. The lowest BCUT2D eigenvalue weighted by molar-refractivity contribution is -0.122. The topological polar surface area (TPSA) is 56.1 Å². The molecule has 2 aromatic carbocycles. The summed E-state index contributed by atoms with van der Waals surface area (Å²) < 4.78 is 0. The number of likely N-dealkylation sites (tertiary alicyclic amines) is 1. The van der Waals surface area contributed by atoms with E-state index in [4.69, 9.17) is 0 Å². The van der Waals surface area contributed by atoms with Crippen molar-refractivity contribution in [3.63, 3.8) is 0 Å². The maximum Gasteiger partial charge on any atom is 0.151 e.